The van der Waals surface area contributed by atoms with Crippen molar-refractivity contribution < 1.29 is 28.6 Å². The van der Waals surface area contributed by atoms with Crippen LogP contribution in [-0.4, -0.2) is 37.2 Å². The zero-order valence-corrected chi connectivity index (χ0v) is 54.7. The molecule has 0 aromatic carbocycles. The van der Waals surface area contributed by atoms with Crippen LogP contribution in [0.25, 0.3) is 0 Å². The molecule has 83 heavy (non-hydrogen) atoms. The van der Waals surface area contributed by atoms with Crippen molar-refractivity contribution in [1.29, 1.82) is 0 Å². The number of unbranched alkanes of at least 4 members (excludes halogenated alkanes) is 35. The number of carbonyl (C=O) groups excluding carboxylic acids is 3. The Morgan fingerprint density at radius 3 is 0.735 bits per heavy atom. The average Bonchev–Trinajstić information content (AvgIpc) is 3.49. The van der Waals surface area contributed by atoms with Crippen LogP contribution in [0.4, 0.5) is 0 Å². The molecule has 0 saturated heterocycles. The van der Waals surface area contributed by atoms with Crippen molar-refractivity contribution in [3.63, 3.8) is 0 Å². The van der Waals surface area contributed by atoms with Gasteiger partial charge in [0, 0.05) is 19.3 Å². The van der Waals surface area contributed by atoms with E-state index in [4.69, 9.17) is 14.2 Å². The molecule has 6 heteroatoms. The number of hydrogen-bond donors (Lipinski definition) is 0. The predicted molar refractivity (Wildman–Crippen MR) is 362 cm³/mol. The molecule has 0 spiro atoms. The van der Waals surface area contributed by atoms with E-state index in [0.717, 1.165) is 122 Å². The maximum Gasteiger partial charge on any atom is 0.306 e. The number of ether oxygens (including phenoxy) is 3. The molecule has 0 aliphatic heterocycles. The van der Waals surface area contributed by atoms with Crippen molar-refractivity contribution in [2.24, 2.45) is 0 Å². The Morgan fingerprint density at radius 2 is 0.470 bits per heavy atom. The summed E-state index contributed by atoms with van der Waals surface area (Å²) in [4.78, 5) is 38.4. The Labute approximate surface area is 514 Å². The van der Waals surface area contributed by atoms with E-state index < -0.39 is 6.10 Å². The van der Waals surface area contributed by atoms with Crippen LogP contribution in [0, 0.1) is 0 Å². The van der Waals surface area contributed by atoms with Crippen LogP contribution in [0.3, 0.4) is 0 Å². The summed E-state index contributed by atoms with van der Waals surface area (Å²) in [6.45, 7) is 6.49. The maximum atomic E-state index is 12.9. The average molecular weight is 1150 g/mol. The van der Waals surface area contributed by atoms with Gasteiger partial charge in [-0.2, -0.15) is 0 Å². The van der Waals surface area contributed by atoms with Crippen molar-refractivity contribution >= 4 is 17.9 Å². The molecular weight excluding hydrogens is 1020 g/mol. The van der Waals surface area contributed by atoms with Crippen LogP contribution in [0.15, 0.2) is 109 Å². The highest BCUT2D eigenvalue weighted by Crippen LogP contribution is 2.17. The summed E-state index contributed by atoms with van der Waals surface area (Å²) in [5.41, 5.74) is 0. The molecule has 0 saturated carbocycles. The summed E-state index contributed by atoms with van der Waals surface area (Å²) in [6, 6.07) is 0. The van der Waals surface area contributed by atoms with E-state index in [9.17, 15) is 14.4 Å². The lowest BCUT2D eigenvalue weighted by Crippen LogP contribution is -2.30. The first-order valence-corrected chi connectivity index (χ1v) is 35.4. The molecular formula is C77H132O6. The highest BCUT2D eigenvalue weighted by atomic mass is 16.6. The smallest absolute Gasteiger partial charge is 0.306 e. The van der Waals surface area contributed by atoms with Gasteiger partial charge in [-0.3, -0.25) is 14.4 Å². The summed E-state index contributed by atoms with van der Waals surface area (Å²) in [7, 11) is 0. The summed E-state index contributed by atoms with van der Waals surface area (Å²) < 4.78 is 17.0. The lowest BCUT2D eigenvalue weighted by molar-refractivity contribution is -0.167. The van der Waals surface area contributed by atoms with Crippen LogP contribution in [-0.2, 0) is 28.6 Å². The number of allylic oxidation sites excluding steroid dienone is 18. The van der Waals surface area contributed by atoms with Gasteiger partial charge in [-0.15, -0.1) is 0 Å². The summed E-state index contributed by atoms with van der Waals surface area (Å²) in [6.07, 6.45) is 96.9. The van der Waals surface area contributed by atoms with Gasteiger partial charge in [-0.1, -0.05) is 304 Å². The number of hydrogen-bond acceptors (Lipinski definition) is 6. The van der Waals surface area contributed by atoms with E-state index in [1.54, 1.807) is 0 Å². The second-order valence-electron chi connectivity index (χ2n) is 23.4. The Bertz CT molecular complexity index is 1660. The van der Waals surface area contributed by atoms with Gasteiger partial charge in [0.15, 0.2) is 6.10 Å². The highest BCUT2D eigenvalue weighted by Gasteiger charge is 2.19. The highest BCUT2D eigenvalue weighted by molar-refractivity contribution is 5.71. The zero-order chi connectivity index (χ0) is 59.9. The molecule has 0 bridgehead atoms. The van der Waals surface area contributed by atoms with Crippen LogP contribution >= 0.6 is 0 Å². The topological polar surface area (TPSA) is 78.9 Å². The quantitative estimate of drug-likeness (QED) is 0.0261. The predicted octanol–water partition coefficient (Wildman–Crippen LogP) is 24.6. The fourth-order valence-corrected chi connectivity index (χ4v) is 9.94. The van der Waals surface area contributed by atoms with Crippen LogP contribution in [0.5, 0.6) is 0 Å². The molecule has 6 nitrogen and oxygen atoms in total. The third-order valence-electron chi connectivity index (χ3n) is 15.2. The zero-order valence-electron chi connectivity index (χ0n) is 54.7. The Balaban J connectivity index is 4.22. The molecule has 0 radical (unpaired) electrons. The summed E-state index contributed by atoms with van der Waals surface area (Å²) >= 11 is 0. The Morgan fingerprint density at radius 1 is 0.253 bits per heavy atom. The van der Waals surface area contributed by atoms with E-state index in [1.807, 2.05) is 0 Å². The minimum absolute atomic E-state index is 0.0834. The molecule has 0 amide bonds. The minimum Gasteiger partial charge on any atom is -0.462 e. The van der Waals surface area contributed by atoms with Crippen molar-refractivity contribution in [3.05, 3.63) is 109 Å². The monoisotopic (exact) mass is 1150 g/mol. The first kappa shape index (κ1) is 79.1. The molecule has 1 atom stereocenters. The van der Waals surface area contributed by atoms with Gasteiger partial charge in [0.25, 0.3) is 0 Å². The largest absolute Gasteiger partial charge is 0.462 e. The second kappa shape index (κ2) is 70.6. The maximum absolute atomic E-state index is 12.9. The fourth-order valence-electron chi connectivity index (χ4n) is 9.94. The number of rotatable bonds is 64. The third-order valence-corrected chi connectivity index (χ3v) is 15.2. The third kappa shape index (κ3) is 68.7. The van der Waals surface area contributed by atoms with Crippen molar-refractivity contribution in [3.8, 4) is 0 Å². The van der Waals surface area contributed by atoms with E-state index >= 15 is 0 Å². The fraction of sp³-hybridized carbons (Fsp3) is 0.727. The second-order valence-corrected chi connectivity index (χ2v) is 23.4. The molecule has 0 heterocycles. The molecule has 0 aromatic heterocycles. The van der Waals surface area contributed by atoms with Crippen molar-refractivity contribution in [2.75, 3.05) is 13.2 Å². The summed E-state index contributed by atoms with van der Waals surface area (Å²) in [5, 5.41) is 0. The first-order valence-electron chi connectivity index (χ1n) is 35.4. The van der Waals surface area contributed by atoms with Gasteiger partial charge >= 0.3 is 17.9 Å². The lowest BCUT2D eigenvalue weighted by Gasteiger charge is -2.18. The van der Waals surface area contributed by atoms with Gasteiger partial charge < -0.3 is 14.2 Å². The molecule has 0 rings (SSSR count). The Hall–Kier alpha value is -3.93. The van der Waals surface area contributed by atoms with Gasteiger partial charge in [-0.05, 0) is 128 Å². The van der Waals surface area contributed by atoms with Crippen molar-refractivity contribution in [1.82, 2.24) is 0 Å². The lowest BCUT2D eigenvalue weighted by atomic mass is 10.0. The van der Waals surface area contributed by atoms with E-state index in [1.165, 1.54) is 180 Å². The van der Waals surface area contributed by atoms with Crippen LogP contribution in [0.2, 0.25) is 0 Å². The molecule has 0 N–H and O–H groups in total. The van der Waals surface area contributed by atoms with Gasteiger partial charge in [0.2, 0.25) is 0 Å². The van der Waals surface area contributed by atoms with E-state index in [0.29, 0.717) is 19.3 Å². The molecule has 0 aromatic rings. The molecule has 0 aliphatic rings. The van der Waals surface area contributed by atoms with E-state index in [2.05, 4.69) is 130 Å². The normalized spacial score (nSPS) is 12.8. The van der Waals surface area contributed by atoms with Gasteiger partial charge in [0.1, 0.15) is 13.2 Å². The number of esters is 3. The standard InChI is InChI=1S/C77H132O6/c1-4-7-10-13-16-19-22-25-28-30-31-32-33-34-35-36-37-38-39-40-41-42-43-44-45-47-49-52-55-58-61-64-67-70-76(79)82-73-74(72-81-75(78)69-66-63-60-57-54-51-48-27-24-21-18-15-12-9-6-3)83-77(80)71-68-65-62-59-56-53-50-46-29-26-23-20-17-14-11-8-5-2/h7,10,16-21,25-29,31-32,34-35,48,74H,4-6,8-9,11-15,22-24,30,33,36-47,49-73H2,1-3H3/b10-7-,19-16-,20-17-,21-18-,28-25-,29-26-,32-31-,35-34-,48-27-. The number of carbonyl (C=O) groups is 3. The first-order chi connectivity index (χ1) is 41.0. The van der Waals surface area contributed by atoms with E-state index in [-0.39, 0.29) is 31.1 Å². The molecule has 0 fully saturated rings. The summed E-state index contributed by atoms with van der Waals surface area (Å²) in [5.74, 6) is -0.891. The minimum atomic E-state index is -0.789. The van der Waals surface area contributed by atoms with Crippen molar-refractivity contribution in [2.45, 2.75) is 348 Å². The molecule has 1 unspecified atom stereocenters. The molecule has 476 valence electrons. The SMILES string of the molecule is CC/C=C\C/C=C\C/C=C\C/C=C\C/C=C\CCCCCCCCCCCCCCCCCCCC(=O)OCC(COC(=O)CCCCCCC/C=C\C/C=C\CCCCC)OC(=O)CCCCCCCCC/C=C\C/C=C\CCCCC. The van der Waals surface area contributed by atoms with Gasteiger partial charge in [-0.25, -0.2) is 0 Å². The Kier molecular flexibility index (Phi) is 67.2. The van der Waals surface area contributed by atoms with Crippen LogP contribution < -0.4 is 0 Å². The molecule has 0 aliphatic carbocycles. The van der Waals surface area contributed by atoms with Crippen LogP contribution in [0.1, 0.15) is 342 Å². The van der Waals surface area contributed by atoms with Gasteiger partial charge in [0.05, 0.1) is 0 Å².